The van der Waals surface area contributed by atoms with Crippen molar-refractivity contribution in [2.75, 3.05) is 7.05 Å². The maximum Gasteiger partial charge on any atom is 0.490 e. The minimum absolute atomic E-state index is 0.764. The van der Waals surface area contributed by atoms with E-state index in [9.17, 15) is 13.2 Å². The molecule has 0 bridgehead atoms. The second-order valence-corrected chi connectivity index (χ2v) is 5.90. The maximum absolute atomic E-state index is 10.6. The molecule has 0 unspecified atom stereocenters. The number of benzene rings is 1. The van der Waals surface area contributed by atoms with Crippen molar-refractivity contribution >= 4 is 5.97 Å². The SMILES string of the molecule is CNC1CC(c2cccc(C3CC3)c2)C1.O=C(O)C(F)(F)F. The average molecular weight is 315 g/mol. The zero-order chi connectivity index (χ0) is 16.3. The number of rotatable bonds is 3. The van der Waals surface area contributed by atoms with Gasteiger partial charge in [-0.1, -0.05) is 24.3 Å². The van der Waals surface area contributed by atoms with Gasteiger partial charge in [0.1, 0.15) is 0 Å². The van der Waals surface area contributed by atoms with Crippen molar-refractivity contribution in [3.05, 3.63) is 35.4 Å². The van der Waals surface area contributed by atoms with E-state index < -0.39 is 12.1 Å². The summed E-state index contributed by atoms with van der Waals surface area (Å²) in [6.45, 7) is 0. The van der Waals surface area contributed by atoms with Gasteiger partial charge in [0.15, 0.2) is 0 Å². The third kappa shape index (κ3) is 4.47. The Balaban J connectivity index is 0.000000217. The monoisotopic (exact) mass is 315 g/mol. The zero-order valence-corrected chi connectivity index (χ0v) is 12.4. The van der Waals surface area contributed by atoms with Crippen molar-refractivity contribution in [1.29, 1.82) is 0 Å². The molecule has 6 heteroatoms. The van der Waals surface area contributed by atoms with E-state index in [1.54, 1.807) is 11.1 Å². The van der Waals surface area contributed by atoms with Crippen molar-refractivity contribution in [1.82, 2.24) is 5.32 Å². The van der Waals surface area contributed by atoms with Crippen LogP contribution in [-0.2, 0) is 4.79 Å². The first-order valence-electron chi connectivity index (χ1n) is 7.38. The van der Waals surface area contributed by atoms with Gasteiger partial charge in [-0.2, -0.15) is 13.2 Å². The van der Waals surface area contributed by atoms with E-state index in [0.717, 1.165) is 17.9 Å². The lowest BCUT2D eigenvalue weighted by Crippen LogP contribution is -2.37. The highest BCUT2D eigenvalue weighted by Crippen LogP contribution is 2.43. The van der Waals surface area contributed by atoms with E-state index in [4.69, 9.17) is 9.90 Å². The van der Waals surface area contributed by atoms with Crippen LogP contribution >= 0.6 is 0 Å². The third-order valence-electron chi connectivity index (χ3n) is 4.22. The van der Waals surface area contributed by atoms with Gasteiger partial charge >= 0.3 is 12.1 Å². The smallest absolute Gasteiger partial charge is 0.475 e. The quantitative estimate of drug-likeness (QED) is 0.895. The maximum atomic E-state index is 10.6. The van der Waals surface area contributed by atoms with Crippen LogP contribution < -0.4 is 5.32 Å². The fourth-order valence-corrected chi connectivity index (χ4v) is 2.61. The van der Waals surface area contributed by atoms with Crippen LogP contribution in [0.15, 0.2) is 24.3 Å². The van der Waals surface area contributed by atoms with Crippen molar-refractivity contribution in [2.45, 2.75) is 49.7 Å². The summed E-state index contributed by atoms with van der Waals surface area (Å²) in [6, 6.07) is 10.1. The number of nitrogens with one attached hydrogen (secondary N) is 1. The molecule has 22 heavy (non-hydrogen) atoms. The summed E-state index contributed by atoms with van der Waals surface area (Å²) >= 11 is 0. The molecular weight excluding hydrogens is 295 g/mol. The minimum Gasteiger partial charge on any atom is -0.475 e. The summed E-state index contributed by atoms with van der Waals surface area (Å²) < 4.78 is 31.7. The molecule has 0 spiro atoms. The molecule has 2 saturated carbocycles. The average Bonchev–Trinajstić information content (AvgIpc) is 3.22. The van der Waals surface area contributed by atoms with Gasteiger partial charge in [-0.15, -0.1) is 0 Å². The first-order chi connectivity index (χ1) is 10.3. The van der Waals surface area contributed by atoms with Gasteiger partial charge < -0.3 is 10.4 Å². The highest BCUT2D eigenvalue weighted by molar-refractivity contribution is 5.73. The highest BCUT2D eigenvalue weighted by Gasteiger charge is 2.38. The van der Waals surface area contributed by atoms with Gasteiger partial charge in [-0.05, 0) is 55.7 Å². The molecule has 0 aliphatic heterocycles. The number of aliphatic carboxylic acids is 1. The van der Waals surface area contributed by atoms with E-state index in [2.05, 4.69) is 36.6 Å². The summed E-state index contributed by atoms with van der Waals surface area (Å²) in [5.74, 6) is -1.04. The van der Waals surface area contributed by atoms with Crippen LogP contribution in [0.25, 0.3) is 0 Å². The van der Waals surface area contributed by atoms with Crippen molar-refractivity contribution in [3.63, 3.8) is 0 Å². The number of hydrogen-bond acceptors (Lipinski definition) is 2. The van der Waals surface area contributed by atoms with Gasteiger partial charge in [0.2, 0.25) is 0 Å². The molecule has 2 fully saturated rings. The Hall–Kier alpha value is -1.56. The summed E-state index contributed by atoms with van der Waals surface area (Å²) in [5.41, 5.74) is 3.16. The summed E-state index contributed by atoms with van der Waals surface area (Å²) in [5, 5.41) is 10.5. The Kier molecular flexibility index (Phi) is 5.11. The van der Waals surface area contributed by atoms with Crippen LogP contribution in [0.1, 0.15) is 48.6 Å². The van der Waals surface area contributed by atoms with Crippen molar-refractivity contribution < 1.29 is 23.1 Å². The molecule has 0 atom stereocenters. The topological polar surface area (TPSA) is 49.3 Å². The number of halogens is 3. The molecule has 2 aliphatic carbocycles. The lowest BCUT2D eigenvalue weighted by Gasteiger charge is -2.35. The zero-order valence-electron chi connectivity index (χ0n) is 12.4. The van der Waals surface area contributed by atoms with Crippen LogP contribution in [0.2, 0.25) is 0 Å². The number of carboxylic acids is 1. The minimum atomic E-state index is -5.08. The molecule has 0 aromatic heterocycles. The van der Waals surface area contributed by atoms with Gasteiger partial charge in [-0.25, -0.2) is 4.79 Å². The summed E-state index contributed by atoms with van der Waals surface area (Å²) in [7, 11) is 2.07. The van der Waals surface area contributed by atoms with Crippen LogP contribution in [0.3, 0.4) is 0 Å². The number of hydrogen-bond donors (Lipinski definition) is 2. The van der Waals surface area contributed by atoms with Crippen LogP contribution in [0, 0.1) is 0 Å². The largest absolute Gasteiger partial charge is 0.490 e. The lowest BCUT2D eigenvalue weighted by molar-refractivity contribution is -0.192. The van der Waals surface area contributed by atoms with E-state index in [1.165, 1.54) is 25.7 Å². The Morgan fingerprint density at radius 2 is 1.68 bits per heavy atom. The summed E-state index contributed by atoms with van der Waals surface area (Å²) in [6.07, 6.45) is 0.385. The molecule has 1 aromatic rings. The molecule has 2 aliphatic rings. The van der Waals surface area contributed by atoms with Gasteiger partial charge in [0.25, 0.3) is 0 Å². The van der Waals surface area contributed by atoms with Crippen molar-refractivity contribution in [3.8, 4) is 0 Å². The third-order valence-corrected chi connectivity index (χ3v) is 4.22. The normalized spacial score (nSPS) is 24.0. The molecule has 0 saturated heterocycles. The van der Waals surface area contributed by atoms with Gasteiger partial charge in [-0.3, -0.25) is 0 Å². The molecule has 2 N–H and O–H groups in total. The fourth-order valence-electron chi connectivity index (χ4n) is 2.61. The molecule has 0 heterocycles. The predicted octanol–water partition coefficient (Wildman–Crippen LogP) is 3.66. The molecule has 3 rings (SSSR count). The molecular formula is C16H20F3NO2. The Morgan fingerprint density at radius 1 is 1.18 bits per heavy atom. The molecule has 0 amide bonds. The molecule has 1 aromatic carbocycles. The van der Waals surface area contributed by atoms with E-state index in [1.807, 2.05) is 0 Å². The van der Waals surface area contributed by atoms with E-state index in [0.29, 0.717) is 0 Å². The Bertz CT molecular complexity index is 520. The number of alkyl halides is 3. The highest BCUT2D eigenvalue weighted by atomic mass is 19.4. The Morgan fingerprint density at radius 3 is 2.09 bits per heavy atom. The van der Waals surface area contributed by atoms with E-state index >= 15 is 0 Å². The second kappa shape index (κ2) is 6.69. The lowest BCUT2D eigenvalue weighted by atomic mass is 9.75. The Labute approximate surface area is 127 Å². The van der Waals surface area contributed by atoms with Gasteiger partial charge in [0.05, 0.1) is 0 Å². The predicted molar refractivity (Wildman–Crippen MR) is 76.9 cm³/mol. The van der Waals surface area contributed by atoms with Crippen LogP contribution in [0.4, 0.5) is 13.2 Å². The summed E-state index contributed by atoms with van der Waals surface area (Å²) in [4.78, 5) is 8.90. The first-order valence-corrected chi connectivity index (χ1v) is 7.38. The van der Waals surface area contributed by atoms with Crippen LogP contribution in [0.5, 0.6) is 0 Å². The number of carbonyl (C=O) groups is 1. The first kappa shape index (κ1) is 16.8. The van der Waals surface area contributed by atoms with Crippen molar-refractivity contribution in [2.24, 2.45) is 0 Å². The van der Waals surface area contributed by atoms with Gasteiger partial charge in [0, 0.05) is 6.04 Å². The van der Waals surface area contributed by atoms with Crippen LogP contribution in [-0.4, -0.2) is 30.3 Å². The molecule has 0 radical (unpaired) electrons. The van der Waals surface area contributed by atoms with E-state index in [-0.39, 0.29) is 0 Å². The molecule has 3 nitrogen and oxygen atoms in total. The standard InChI is InChI=1S/C14H19N.C2HF3O2/c1-15-14-8-13(9-14)12-4-2-3-11(7-12)10-5-6-10;3-2(4,5)1(6)7/h2-4,7,10,13-15H,5-6,8-9H2,1H3;(H,6,7). The number of carboxylic acid groups (broad SMARTS) is 1. The molecule has 122 valence electrons. The second-order valence-electron chi connectivity index (χ2n) is 5.90. The fraction of sp³-hybridized carbons (Fsp3) is 0.562.